The van der Waals surface area contributed by atoms with Crippen LogP contribution in [0.15, 0.2) is 90.0 Å². The first-order valence-electron chi connectivity index (χ1n) is 13.4. The van der Waals surface area contributed by atoms with E-state index >= 15 is 0 Å². The number of nitrogens with one attached hydrogen (secondary N) is 1. The Hall–Kier alpha value is -3.95. The van der Waals surface area contributed by atoms with Crippen LogP contribution in [0.1, 0.15) is 38.2 Å². The van der Waals surface area contributed by atoms with Crippen molar-refractivity contribution in [3.63, 3.8) is 0 Å². The Kier molecular flexibility index (Phi) is 8.04. The van der Waals surface area contributed by atoms with Crippen LogP contribution < -0.4 is 10.1 Å². The SMILES string of the molecule is COc1ccc(S(=O)(=O)N(CC(=O)Nc2nc(-c3ccccc3)cn2-c2ccc(C(C)C)cc2)CC2CC2)cc1. The van der Waals surface area contributed by atoms with E-state index in [-0.39, 0.29) is 17.4 Å². The van der Waals surface area contributed by atoms with Crippen LogP contribution in [0.5, 0.6) is 5.75 Å². The molecule has 5 rings (SSSR count). The minimum atomic E-state index is -3.89. The Balaban J connectivity index is 1.43. The second kappa shape index (κ2) is 11.7. The fraction of sp³-hybridized carbons (Fsp3) is 0.290. The zero-order chi connectivity index (χ0) is 28.3. The van der Waals surface area contributed by atoms with Crippen LogP contribution in [0.25, 0.3) is 16.9 Å². The summed E-state index contributed by atoms with van der Waals surface area (Å²) in [5, 5.41) is 2.89. The van der Waals surface area contributed by atoms with Crippen molar-refractivity contribution in [2.75, 3.05) is 25.5 Å². The van der Waals surface area contributed by atoms with Gasteiger partial charge in [-0.1, -0.05) is 56.3 Å². The van der Waals surface area contributed by atoms with Crippen molar-refractivity contribution >= 4 is 21.9 Å². The Morgan fingerprint density at radius 2 is 1.70 bits per heavy atom. The van der Waals surface area contributed by atoms with Gasteiger partial charge < -0.3 is 4.74 Å². The van der Waals surface area contributed by atoms with Crippen molar-refractivity contribution in [1.82, 2.24) is 13.9 Å². The first-order chi connectivity index (χ1) is 19.2. The largest absolute Gasteiger partial charge is 0.497 e. The summed E-state index contributed by atoms with van der Waals surface area (Å²) in [6.45, 7) is 4.25. The number of carbonyl (C=O) groups is 1. The van der Waals surface area contributed by atoms with Crippen molar-refractivity contribution in [3.8, 4) is 22.7 Å². The lowest BCUT2D eigenvalue weighted by Gasteiger charge is -2.22. The van der Waals surface area contributed by atoms with Crippen LogP contribution in [0.4, 0.5) is 5.95 Å². The molecule has 0 bridgehead atoms. The summed E-state index contributed by atoms with van der Waals surface area (Å²) in [5.41, 5.74) is 3.66. The molecule has 1 aliphatic carbocycles. The van der Waals surface area contributed by atoms with Crippen LogP contribution in [-0.4, -0.2) is 48.4 Å². The van der Waals surface area contributed by atoms with Gasteiger partial charge in [-0.05, 0) is 66.6 Å². The van der Waals surface area contributed by atoms with Gasteiger partial charge in [0.2, 0.25) is 21.9 Å². The normalized spacial score (nSPS) is 13.5. The number of hydrogen-bond acceptors (Lipinski definition) is 5. The van der Waals surface area contributed by atoms with E-state index in [0.29, 0.717) is 29.9 Å². The lowest BCUT2D eigenvalue weighted by atomic mass is 10.0. The molecule has 0 atom stereocenters. The Morgan fingerprint density at radius 3 is 2.30 bits per heavy atom. The molecule has 0 aliphatic heterocycles. The molecule has 1 N–H and O–H groups in total. The minimum absolute atomic E-state index is 0.125. The van der Waals surface area contributed by atoms with Gasteiger partial charge in [-0.25, -0.2) is 13.4 Å². The summed E-state index contributed by atoms with van der Waals surface area (Å²) < 4.78 is 35.3. The van der Waals surface area contributed by atoms with Crippen molar-refractivity contribution < 1.29 is 17.9 Å². The molecule has 0 saturated heterocycles. The maximum Gasteiger partial charge on any atom is 0.243 e. The number of benzene rings is 3. The van der Waals surface area contributed by atoms with Gasteiger partial charge in [-0.2, -0.15) is 4.31 Å². The van der Waals surface area contributed by atoms with E-state index in [4.69, 9.17) is 9.72 Å². The average molecular weight is 559 g/mol. The number of ether oxygens (including phenoxy) is 1. The zero-order valence-electron chi connectivity index (χ0n) is 22.9. The van der Waals surface area contributed by atoms with E-state index in [1.165, 1.54) is 29.1 Å². The van der Waals surface area contributed by atoms with E-state index in [1.54, 1.807) is 12.1 Å². The van der Waals surface area contributed by atoms with Crippen molar-refractivity contribution in [3.05, 3.63) is 90.6 Å². The summed E-state index contributed by atoms with van der Waals surface area (Å²) >= 11 is 0. The highest BCUT2D eigenvalue weighted by Gasteiger charge is 2.33. The molecule has 1 aromatic heterocycles. The van der Waals surface area contributed by atoms with E-state index in [1.807, 2.05) is 53.2 Å². The third-order valence-corrected chi connectivity index (χ3v) is 8.87. The van der Waals surface area contributed by atoms with Gasteiger partial charge >= 0.3 is 0 Å². The van der Waals surface area contributed by atoms with Crippen molar-refractivity contribution in [2.45, 2.75) is 37.5 Å². The van der Waals surface area contributed by atoms with Crippen LogP contribution >= 0.6 is 0 Å². The maximum absolute atomic E-state index is 13.5. The molecule has 8 nitrogen and oxygen atoms in total. The monoisotopic (exact) mass is 558 g/mol. The van der Waals surface area contributed by atoms with Gasteiger partial charge in [0.05, 0.1) is 24.2 Å². The predicted octanol–water partition coefficient (Wildman–Crippen LogP) is 5.71. The highest BCUT2D eigenvalue weighted by molar-refractivity contribution is 7.89. The molecule has 9 heteroatoms. The molecule has 1 saturated carbocycles. The number of aromatic nitrogens is 2. The number of carbonyl (C=O) groups excluding carboxylic acids is 1. The molecule has 0 radical (unpaired) electrons. The molecule has 1 amide bonds. The van der Waals surface area contributed by atoms with Gasteiger partial charge in [0.1, 0.15) is 5.75 Å². The van der Waals surface area contributed by atoms with Gasteiger partial charge in [-0.15, -0.1) is 0 Å². The smallest absolute Gasteiger partial charge is 0.243 e. The highest BCUT2D eigenvalue weighted by Crippen LogP contribution is 2.32. The summed E-state index contributed by atoms with van der Waals surface area (Å²) in [6, 6.07) is 24.1. The predicted molar refractivity (Wildman–Crippen MR) is 156 cm³/mol. The summed E-state index contributed by atoms with van der Waals surface area (Å²) in [6.07, 6.45) is 3.78. The quantitative estimate of drug-likeness (QED) is 0.255. The lowest BCUT2D eigenvalue weighted by molar-refractivity contribution is -0.116. The molecule has 40 heavy (non-hydrogen) atoms. The van der Waals surface area contributed by atoms with E-state index in [0.717, 1.165) is 24.1 Å². The van der Waals surface area contributed by atoms with E-state index in [9.17, 15) is 13.2 Å². The van der Waals surface area contributed by atoms with Crippen LogP contribution in [0, 0.1) is 5.92 Å². The fourth-order valence-electron chi connectivity index (χ4n) is 4.49. The number of hydrogen-bond donors (Lipinski definition) is 1. The molecule has 3 aromatic carbocycles. The van der Waals surface area contributed by atoms with Gasteiger partial charge in [0.15, 0.2) is 0 Å². The van der Waals surface area contributed by atoms with E-state index in [2.05, 4.69) is 31.3 Å². The summed E-state index contributed by atoms with van der Waals surface area (Å²) in [7, 11) is -2.36. The van der Waals surface area contributed by atoms with Gasteiger partial charge in [-0.3, -0.25) is 14.7 Å². The zero-order valence-corrected chi connectivity index (χ0v) is 23.8. The van der Waals surface area contributed by atoms with Gasteiger partial charge in [0.25, 0.3) is 0 Å². The number of rotatable bonds is 11. The molecular weight excluding hydrogens is 524 g/mol. The number of imidazole rings is 1. The molecule has 1 fully saturated rings. The second-order valence-corrected chi connectivity index (χ2v) is 12.3. The summed E-state index contributed by atoms with van der Waals surface area (Å²) in [4.78, 5) is 18.2. The molecule has 0 unspecified atom stereocenters. The first kappa shape index (κ1) is 27.6. The first-order valence-corrected chi connectivity index (χ1v) is 14.9. The highest BCUT2D eigenvalue weighted by atomic mass is 32.2. The molecule has 1 aliphatic rings. The molecular formula is C31H34N4O4S. The number of anilines is 1. The number of methoxy groups -OCH3 is 1. The van der Waals surface area contributed by atoms with Gasteiger partial charge in [0, 0.05) is 24.0 Å². The van der Waals surface area contributed by atoms with E-state index < -0.39 is 15.9 Å². The van der Waals surface area contributed by atoms with Crippen molar-refractivity contribution in [1.29, 1.82) is 0 Å². The van der Waals surface area contributed by atoms with Crippen LogP contribution in [0.2, 0.25) is 0 Å². The molecule has 0 spiro atoms. The average Bonchev–Trinajstić information content (AvgIpc) is 3.70. The maximum atomic E-state index is 13.5. The van der Waals surface area contributed by atoms with Crippen LogP contribution in [0.3, 0.4) is 0 Å². The topological polar surface area (TPSA) is 93.5 Å². The molecule has 1 heterocycles. The minimum Gasteiger partial charge on any atom is -0.497 e. The Bertz CT molecular complexity index is 1560. The Morgan fingerprint density at radius 1 is 1.02 bits per heavy atom. The summed E-state index contributed by atoms with van der Waals surface area (Å²) in [5.74, 6) is 1.08. The molecule has 208 valence electrons. The standard InChI is InChI=1S/C31H34N4O4S/c1-22(2)24-11-13-26(14-12-24)35-20-29(25-7-5-4-6-8-25)32-31(35)33-30(36)21-34(19-23-9-10-23)40(37,38)28-17-15-27(39-3)16-18-28/h4-8,11-18,20,22-23H,9-10,19,21H2,1-3H3,(H,32,33,36). The third-order valence-electron chi connectivity index (χ3n) is 7.04. The number of amides is 1. The second-order valence-electron chi connectivity index (χ2n) is 10.4. The van der Waals surface area contributed by atoms with Crippen LogP contribution in [-0.2, 0) is 14.8 Å². The fourth-order valence-corrected chi connectivity index (χ4v) is 5.96. The molecule has 4 aromatic rings. The number of sulfonamides is 1. The number of nitrogens with zero attached hydrogens (tertiary/aromatic N) is 3. The Labute approximate surface area is 235 Å². The lowest BCUT2D eigenvalue weighted by Crippen LogP contribution is -2.39. The van der Waals surface area contributed by atoms with Crippen molar-refractivity contribution in [2.24, 2.45) is 5.92 Å². The third kappa shape index (κ3) is 6.26.